The summed E-state index contributed by atoms with van der Waals surface area (Å²) < 4.78 is 2.53. The lowest BCUT2D eigenvalue weighted by molar-refractivity contribution is 0.666. The van der Waals surface area contributed by atoms with E-state index in [1.165, 1.54) is 49.6 Å². The molecule has 0 bridgehead atoms. The summed E-state index contributed by atoms with van der Waals surface area (Å²) in [5, 5.41) is 5.92. The fraction of sp³-hybridized carbons (Fsp3) is 0.154. The van der Waals surface area contributed by atoms with E-state index in [0.717, 1.165) is 58.7 Å². The summed E-state index contributed by atoms with van der Waals surface area (Å²) in [6, 6.07) is 38.0. The van der Waals surface area contributed by atoms with Crippen molar-refractivity contribution in [3.05, 3.63) is 180 Å². The second kappa shape index (κ2) is 13.6. The van der Waals surface area contributed by atoms with E-state index >= 15 is 0 Å². The summed E-state index contributed by atoms with van der Waals surface area (Å²) in [5.74, 6) is 1.97. The van der Waals surface area contributed by atoms with Gasteiger partial charge in [0.15, 0.2) is 11.6 Å². The second-order valence-electron chi connectivity index (χ2n) is 16.1. The normalized spacial score (nSPS) is 17.6. The Morgan fingerprint density at radius 1 is 0.690 bits per heavy atom. The van der Waals surface area contributed by atoms with Crippen LogP contribution in [0.4, 0.5) is 0 Å². The largest absolute Gasteiger partial charge is 0.387 e. The van der Waals surface area contributed by atoms with Gasteiger partial charge in [-0.1, -0.05) is 129 Å². The molecule has 1 N–H and O–H groups in total. The number of hydrogen-bond acceptors (Lipinski definition) is 5. The zero-order chi connectivity index (χ0) is 38.8. The minimum Gasteiger partial charge on any atom is -0.387 e. The van der Waals surface area contributed by atoms with E-state index in [9.17, 15) is 0 Å². The van der Waals surface area contributed by atoms with E-state index in [2.05, 4.69) is 168 Å². The van der Waals surface area contributed by atoms with Crippen LogP contribution < -0.4 is 5.32 Å². The third-order valence-corrected chi connectivity index (χ3v) is 12.2. The first-order valence-electron chi connectivity index (χ1n) is 20.4. The number of aliphatic imine (C=N–C) groups is 1. The van der Waals surface area contributed by atoms with Crippen molar-refractivity contribution < 1.29 is 0 Å². The molecule has 4 aliphatic rings. The van der Waals surface area contributed by atoms with Crippen molar-refractivity contribution in [1.82, 2.24) is 24.8 Å². The predicted molar refractivity (Wildman–Crippen MR) is 239 cm³/mol. The first-order chi connectivity index (χ1) is 28.5. The van der Waals surface area contributed by atoms with Gasteiger partial charge < -0.3 is 9.88 Å². The molecule has 2 aliphatic heterocycles. The lowest BCUT2D eigenvalue weighted by atomic mass is 9.80. The Bertz CT molecular complexity index is 3010. The van der Waals surface area contributed by atoms with Crippen LogP contribution in [0.15, 0.2) is 157 Å². The topological polar surface area (TPSA) is 68.0 Å². The molecule has 1 unspecified atom stereocenters. The third kappa shape index (κ3) is 5.47. The number of dihydropyridines is 2. The van der Waals surface area contributed by atoms with E-state index in [4.69, 9.17) is 15.0 Å². The number of para-hydroxylation sites is 1. The van der Waals surface area contributed by atoms with Gasteiger partial charge in [0.2, 0.25) is 0 Å². The fourth-order valence-corrected chi connectivity index (χ4v) is 9.52. The van der Waals surface area contributed by atoms with Gasteiger partial charge in [-0.15, -0.1) is 0 Å². The van der Waals surface area contributed by atoms with Gasteiger partial charge in [0.1, 0.15) is 5.82 Å². The molecule has 2 aromatic heterocycles. The van der Waals surface area contributed by atoms with Crippen LogP contribution >= 0.6 is 0 Å². The number of aromatic nitrogens is 4. The average Bonchev–Trinajstić information content (AvgIpc) is 3.75. The smallest absolute Gasteiger partial charge is 0.165 e. The van der Waals surface area contributed by atoms with Gasteiger partial charge in [0.05, 0.1) is 29.2 Å². The zero-order valence-corrected chi connectivity index (χ0v) is 32.7. The van der Waals surface area contributed by atoms with Crippen molar-refractivity contribution in [1.29, 1.82) is 0 Å². The number of fused-ring (bicyclic) bond motifs is 7. The van der Waals surface area contributed by atoms with Gasteiger partial charge in [-0.3, -0.25) is 4.99 Å². The van der Waals surface area contributed by atoms with E-state index in [-0.39, 0.29) is 11.3 Å². The van der Waals surface area contributed by atoms with Gasteiger partial charge >= 0.3 is 0 Å². The van der Waals surface area contributed by atoms with E-state index in [1.807, 2.05) is 18.5 Å². The highest BCUT2D eigenvalue weighted by molar-refractivity contribution is 6.15. The molecule has 11 rings (SSSR count). The molecule has 7 aromatic rings. The van der Waals surface area contributed by atoms with Gasteiger partial charge in [-0.05, 0) is 76.6 Å². The molecule has 0 spiro atoms. The third-order valence-electron chi connectivity index (χ3n) is 12.2. The average molecular weight is 751 g/mol. The van der Waals surface area contributed by atoms with Crippen LogP contribution in [0.5, 0.6) is 0 Å². The van der Waals surface area contributed by atoms with Crippen LogP contribution in [0.2, 0.25) is 0 Å². The summed E-state index contributed by atoms with van der Waals surface area (Å²) in [5.41, 5.74) is 15.2. The minimum atomic E-state index is -0.171. The molecule has 58 heavy (non-hydrogen) atoms. The molecule has 6 nitrogen and oxygen atoms in total. The van der Waals surface area contributed by atoms with Crippen molar-refractivity contribution in [2.75, 3.05) is 13.1 Å². The molecular formula is C52H42N6. The van der Waals surface area contributed by atoms with Crippen LogP contribution in [0.3, 0.4) is 0 Å². The Labute approximate surface area is 338 Å². The maximum Gasteiger partial charge on any atom is 0.165 e. The molecule has 1 atom stereocenters. The van der Waals surface area contributed by atoms with Gasteiger partial charge in [-0.2, -0.15) is 0 Å². The number of benzene rings is 5. The quantitative estimate of drug-likeness (QED) is 0.184. The summed E-state index contributed by atoms with van der Waals surface area (Å²) in [6.45, 7) is 6.15. The van der Waals surface area contributed by atoms with Crippen molar-refractivity contribution in [3.8, 4) is 39.3 Å². The summed E-state index contributed by atoms with van der Waals surface area (Å²) in [7, 11) is 0. The highest BCUT2D eigenvalue weighted by atomic mass is 15.0. The van der Waals surface area contributed by atoms with Crippen molar-refractivity contribution in [2.24, 2.45) is 4.99 Å². The summed E-state index contributed by atoms with van der Waals surface area (Å²) >= 11 is 0. The molecule has 0 saturated carbocycles. The SMILES string of the molecule is CC1(C)c2ccccc2-c2ccc3c(c21)c1ccccc1n3-c1c(C2=CCCC=C2)cc(-c2nc(C3=CNCC=C3)nc(C3C=CC=NC3)n2)cc1-c1ccccc1. The van der Waals surface area contributed by atoms with Gasteiger partial charge in [0, 0.05) is 57.4 Å². The van der Waals surface area contributed by atoms with Crippen LogP contribution in [0.25, 0.3) is 72.3 Å². The molecule has 4 heterocycles. The standard InChI is InChI=1S/C52H42N6/c1-52(2)43-23-11-9-21-38(43)39-25-26-45-46(47(39)52)40-22-10-12-24-44(40)58(45)48-41(33-15-5-3-6-16-33)29-37(30-42(48)34-17-7-4-8-18-34)51-56-49(35-19-13-27-53-31-35)55-50(57-51)36-20-14-28-54-32-36/h3,5-7,9-27,29-30,32,35,54H,4,8,28,31H2,1-2H3. The molecule has 0 amide bonds. The molecule has 5 aromatic carbocycles. The van der Waals surface area contributed by atoms with E-state index in [0.29, 0.717) is 18.2 Å². The second-order valence-corrected chi connectivity index (χ2v) is 16.1. The minimum absolute atomic E-state index is 0.0438. The Balaban J connectivity index is 1.23. The number of nitrogens with one attached hydrogen (secondary N) is 1. The monoisotopic (exact) mass is 750 g/mol. The summed E-state index contributed by atoms with van der Waals surface area (Å²) in [4.78, 5) is 20.1. The number of rotatable bonds is 6. The van der Waals surface area contributed by atoms with Crippen LogP contribution in [-0.4, -0.2) is 38.8 Å². The Morgan fingerprint density at radius 2 is 1.50 bits per heavy atom. The number of hydrogen-bond donors (Lipinski definition) is 1. The predicted octanol–water partition coefficient (Wildman–Crippen LogP) is 11.6. The summed E-state index contributed by atoms with van der Waals surface area (Å²) in [6.07, 6.45) is 21.2. The highest BCUT2D eigenvalue weighted by Crippen LogP contribution is 2.54. The number of allylic oxidation sites excluding steroid dienone is 7. The fourth-order valence-electron chi connectivity index (χ4n) is 9.52. The molecule has 0 saturated heterocycles. The number of nitrogens with zero attached hydrogens (tertiary/aromatic N) is 5. The van der Waals surface area contributed by atoms with Gasteiger partial charge in [-0.25, -0.2) is 15.0 Å². The molecule has 6 heteroatoms. The van der Waals surface area contributed by atoms with E-state index in [1.54, 1.807) is 0 Å². The lowest BCUT2D eigenvalue weighted by Gasteiger charge is -2.24. The highest BCUT2D eigenvalue weighted by Gasteiger charge is 2.38. The van der Waals surface area contributed by atoms with Crippen molar-refractivity contribution >= 4 is 39.2 Å². The van der Waals surface area contributed by atoms with Crippen molar-refractivity contribution in [2.45, 2.75) is 38.0 Å². The lowest BCUT2D eigenvalue weighted by Crippen LogP contribution is -2.15. The van der Waals surface area contributed by atoms with Crippen LogP contribution in [0.1, 0.15) is 60.9 Å². The Hall–Kier alpha value is -6.92. The van der Waals surface area contributed by atoms with Crippen LogP contribution in [0, 0.1) is 0 Å². The Kier molecular flexibility index (Phi) is 8.07. The zero-order valence-electron chi connectivity index (χ0n) is 32.7. The van der Waals surface area contributed by atoms with Crippen molar-refractivity contribution in [3.63, 3.8) is 0 Å². The first-order valence-corrected chi connectivity index (χ1v) is 20.4. The van der Waals surface area contributed by atoms with E-state index < -0.39 is 0 Å². The molecule has 280 valence electrons. The molecule has 0 fully saturated rings. The molecule has 2 aliphatic carbocycles. The maximum atomic E-state index is 5.25. The molecule has 0 radical (unpaired) electrons. The molecular weight excluding hydrogens is 709 g/mol. The maximum absolute atomic E-state index is 5.25. The van der Waals surface area contributed by atoms with Crippen LogP contribution in [-0.2, 0) is 5.41 Å². The van der Waals surface area contributed by atoms with Gasteiger partial charge in [0.25, 0.3) is 0 Å². The first kappa shape index (κ1) is 34.3. The Morgan fingerprint density at radius 3 is 2.33 bits per heavy atom.